The Hall–Kier alpha value is -2.11. The van der Waals surface area contributed by atoms with Gasteiger partial charge in [-0.3, -0.25) is 14.9 Å². The number of rotatable bonds is 4. The van der Waals surface area contributed by atoms with Crippen LogP contribution < -0.4 is 9.47 Å². The minimum atomic E-state index is -0.501. The number of carbonyl (C=O) groups excluding carboxylic acids is 1. The fraction of sp³-hybridized carbons (Fsp3) is 0.462. The summed E-state index contributed by atoms with van der Waals surface area (Å²) < 4.78 is 10.6. The van der Waals surface area contributed by atoms with Crippen LogP contribution in [0.25, 0.3) is 0 Å². The fourth-order valence-corrected chi connectivity index (χ4v) is 2.13. The van der Waals surface area contributed by atoms with Gasteiger partial charge in [0.05, 0.1) is 12.0 Å². The molecule has 0 saturated heterocycles. The first-order valence-electron chi connectivity index (χ1n) is 6.11. The van der Waals surface area contributed by atoms with E-state index in [0.717, 1.165) is 12.8 Å². The second-order valence-corrected chi connectivity index (χ2v) is 4.47. The molecule has 1 aromatic rings. The predicted molar refractivity (Wildman–Crippen MR) is 67.5 cm³/mol. The molecule has 0 aliphatic heterocycles. The number of nitro benzene ring substituents is 1. The van der Waals surface area contributed by atoms with Crippen molar-refractivity contribution < 1.29 is 19.2 Å². The summed E-state index contributed by atoms with van der Waals surface area (Å²) in [6.45, 7) is 0. The van der Waals surface area contributed by atoms with E-state index >= 15 is 0 Å². The number of hydrogen-bond acceptors (Lipinski definition) is 5. The molecule has 0 radical (unpaired) electrons. The zero-order valence-electron chi connectivity index (χ0n) is 10.6. The zero-order valence-corrected chi connectivity index (χ0v) is 10.6. The lowest BCUT2D eigenvalue weighted by atomic mass is 9.96. The molecule has 102 valence electrons. The molecule has 0 bridgehead atoms. The molecule has 0 spiro atoms. The number of hydrogen-bond donors (Lipinski definition) is 0. The quantitative estimate of drug-likeness (QED) is 0.617. The third-order valence-corrected chi connectivity index (χ3v) is 3.09. The zero-order chi connectivity index (χ0) is 13.8. The normalized spacial score (nSPS) is 19.0. The monoisotopic (exact) mass is 265 g/mol. The number of nitro groups is 1. The highest BCUT2D eigenvalue weighted by atomic mass is 16.6. The summed E-state index contributed by atoms with van der Waals surface area (Å²) >= 11 is 0. The van der Waals surface area contributed by atoms with Crippen LogP contribution in [0, 0.1) is 10.1 Å². The van der Waals surface area contributed by atoms with Crippen molar-refractivity contribution in [3.63, 3.8) is 0 Å². The van der Waals surface area contributed by atoms with Gasteiger partial charge in [0.15, 0.2) is 0 Å². The van der Waals surface area contributed by atoms with Crippen LogP contribution in [0.3, 0.4) is 0 Å². The average Bonchev–Trinajstić information content (AvgIpc) is 2.38. The van der Waals surface area contributed by atoms with E-state index in [-0.39, 0.29) is 23.3 Å². The Morgan fingerprint density at radius 2 is 2.21 bits per heavy atom. The molecular weight excluding hydrogens is 250 g/mol. The Balaban J connectivity index is 2.21. The first-order valence-corrected chi connectivity index (χ1v) is 6.11. The molecule has 1 atom stereocenters. The number of benzene rings is 1. The van der Waals surface area contributed by atoms with Crippen LogP contribution >= 0.6 is 0 Å². The molecule has 0 aromatic heterocycles. The Labute approximate surface area is 110 Å². The number of ketones is 1. The molecule has 0 N–H and O–H groups in total. The van der Waals surface area contributed by atoms with E-state index in [2.05, 4.69) is 0 Å². The van der Waals surface area contributed by atoms with E-state index in [0.29, 0.717) is 18.6 Å². The summed E-state index contributed by atoms with van der Waals surface area (Å²) in [5, 5.41) is 10.9. The van der Waals surface area contributed by atoms with Crippen molar-refractivity contribution >= 4 is 11.5 Å². The largest absolute Gasteiger partial charge is 0.497 e. The molecule has 1 fully saturated rings. The second-order valence-electron chi connectivity index (χ2n) is 4.47. The van der Waals surface area contributed by atoms with Gasteiger partial charge in [0.2, 0.25) is 5.75 Å². The van der Waals surface area contributed by atoms with Crippen LogP contribution in [0.5, 0.6) is 11.5 Å². The van der Waals surface area contributed by atoms with Gasteiger partial charge in [0.1, 0.15) is 17.6 Å². The molecule has 1 aliphatic rings. The van der Waals surface area contributed by atoms with Gasteiger partial charge in [-0.2, -0.15) is 0 Å². The molecule has 1 saturated carbocycles. The number of ether oxygens (including phenoxy) is 2. The van der Waals surface area contributed by atoms with E-state index < -0.39 is 4.92 Å². The van der Waals surface area contributed by atoms with Gasteiger partial charge in [0.25, 0.3) is 0 Å². The smallest absolute Gasteiger partial charge is 0.311 e. The summed E-state index contributed by atoms with van der Waals surface area (Å²) in [5.41, 5.74) is -0.112. The highest BCUT2D eigenvalue weighted by molar-refractivity contribution is 5.79. The molecule has 0 amide bonds. The SMILES string of the molecule is COc1ccc([N+](=O)[O-])c(OC2CCCC(=O)C2)c1. The Morgan fingerprint density at radius 3 is 2.84 bits per heavy atom. The van der Waals surface area contributed by atoms with Crippen molar-refractivity contribution in [2.75, 3.05) is 7.11 Å². The molecule has 19 heavy (non-hydrogen) atoms. The van der Waals surface area contributed by atoms with Crippen LogP contribution in [-0.2, 0) is 4.79 Å². The standard InChI is InChI=1S/C13H15NO5/c1-18-10-5-6-12(14(16)17)13(8-10)19-11-4-2-3-9(15)7-11/h5-6,8,11H,2-4,7H2,1H3. The van der Waals surface area contributed by atoms with Gasteiger partial charge in [0, 0.05) is 25.0 Å². The minimum Gasteiger partial charge on any atom is -0.497 e. The molecule has 6 heteroatoms. The molecule has 1 aromatic carbocycles. The van der Waals surface area contributed by atoms with Crippen LogP contribution in [-0.4, -0.2) is 23.9 Å². The molecule has 0 heterocycles. The maximum Gasteiger partial charge on any atom is 0.311 e. The highest BCUT2D eigenvalue weighted by Gasteiger charge is 2.24. The number of Topliss-reactive ketones (excluding diaryl/α,β-unsaturated/α-hetero) is 1. The van der Waals surface area contributed by atoms with E-state index in [4.69, 9.17) is 9.47 Å². The second kappa shape index (κ2) is 5.69. The van der Waals surface area contributed by atoms with Crippen molar-refractivity contribution in [1.29, 1.82) is 0 Å². The number of methoxy groups -OCH3 is 1. The van der Waals surface area contributed by atoms with Crippen LogP contribution in [0.1, 0.15) is 25.7 Å². The van der Waals surface area contributed by atoms with Gasteiger partial charge in [-0.1, -0.05) is 0 Å². The summed E-state index contributed by atoms with van der Waals surface area (Å²) in [5.74, 6) is 0.786. The Kier molecular flexibility index (Phi) is 3.99. The van der Waals surface area contributed by atoms with Crippen molar-refractivity contribution in [2.45, 2.75) is 31.8 Å². The predicted octanol–water partition coefficient (Wildman–Crippen LogP) is 2.49. The average molecular weight is 265 g/mol. The topological polar surface area (TPSA) is 78.7 Å². The van der Waals surface area contributed by atoms with Crippen molar-refractivity contribution in [2.24, 2.45) is 0 Å². The summed E-state index contributed by atoms with van der Waals surface area (Å²) in [7, 11) is 1.48. The summed E-state index contributed by atoms with van der Waals surface area (Å²) in [4.78, 5) is 21.8. The molecule has 1 aliphatic carbocycles. The van der Waals surface area contributed by atoms with E-state index in [1.165, 1.54) is 25.3 Å². The van der Waals surface area contributed by atoms with Gasteiger partial charge in [-0.15, -0.1) is 0 Å². The highest BCUT2D eigenvalue weighted by Crippen LogP contribution is 2.33. The lowest BCUT2D eigenvalue weighted by Crippen LogP contribution is -2.25. The Morgan fingerprint density at radius 1 is 1.42 bits per heavy atom. The lowest BCUT2D eigenvalue weighted by molar-refractivity contribution is -0.386. The van der Waals surface area contributed by atoms with E-state index in [1.807, 2.05) is 0 Å². The molecule has 6 nitrogen and oxygen atoms in total. The number of carbonyl (C=O) groups is 1. The molecular formula is C13H15NO5. The van der Waals surface area contributed by atoms with Gasteiger partial charge in [-0.25, -0.2) is 0 Å². The fourth-order valence-electron chi connectivity index (χ4n) is 2.13. The third-order valence-electron chi connectivity index (χ3n) is 3.09. The van der Waals surface area contributed by atoms with Gasteiger partial charge < -0.3 is 9.47 Å². The van der Waals surface area contributed by atoms with Crippen LogP contribution in [0.15, 0.2) is 18.2 Å². The molecule has 2 rings (SSSR count). The first-order chi connectivity index (χ1) is 9.10. The van der Waals surface area contributed by atoms with E-state index in [1.54, 1.807) is 0 Å². The van der Waals surface area contributed by atoms with Crippen LogP contribution in [0.2, 0.25) is 0 Å². The van der Waals surface area contributed by atoms with Gasteiger partial charge in [-0.05, 0) is 18.9 Å². The lowest BCUT2D eigenvalue weighted by Gasteiger charge is -2.22. The van der Waals surface area contributed by atoms with Crippen molar-refractivity contribution in [3.8, 4) is 11.5 Å². The minimum absolute atomic E-state index is 0.112. The van der Waals surface area contributed by atoms with Crippen molar-refractivity contribution in [1.82, 2.24) is 0 Å². The van der Waals surface area contributed by atoms with E-state index in [9.17, 15) is 14.9 Å². The van der Waals surface area contributed by atoms with Crippen molar-refractivity contribution in [3.05, 3.63) is 28.3 Å². The first kappa shape index (κ1) is 13.3. The Bertz CT molecular complexity index is 500. The summed E-state index contributed by atoms with van der Waals surface area (Å²) in [6, 6.07) is 4.34. The molecule has 1 unspecified atom stereocenters. The maximum atomic E-state index is 11.4. The number of nitrogens with zero attached hydrogens (tertiary/aromatic N) is 1. The maximum absolute atomic E-state index is 11.4. The summed E-state index contributed by atoms with van der Waals surface area (Å²) in [6.07, 6.45) is 2.10. The van der Waals surface area contributed by atoms with Gasteiger partial charge >= 0.3 is 5.69 Å². The van der Waals surface area contributed by atoms with Crippen LogP contribution in [0.4, 0.5) is 5.69 Å². The third kappa shape index (κ3) is 3.21.